The number of carbonyl (C=O) groups is 1. The summed E-state index contributed by atoms with van der Waals surface area (Å²) in [6.45, 7) is 1.47. The first-order valence-corrected chi connectivity index (χ1v) is 8.38. The smallest absolute Gasteiger partial charge is 0.417 e. The number of aryl methyl sites for hydroxylation is 1. The number of rotatable bonds is 5. The van der Waals surface area contributed by atoms with Gasteiger partial charge in [0.1, 0.15) is 0 Å². The Kier molecular flexibility index (Phi) is 4.80. The number of hydrogen-bond donors (Lipinski definition) is 1. The van der Waals surface area contributed by atoms with Crippen LogP contribution in [0.1, 0.15) is 22.8 Å². The van der Waals surface area contributed by atoms with E-state index in [9.17, 15) is 26.4 Å². The van der Waals surface area contributed by atoms with Gasteiger partial charge < -0.3 is 5.11 Å². The molecule has 0 spiro atoms. The third kappa shape index (κ3) is 3.60. The van der Waals surface area contributed by atoms with Gasteiger partial charge >= 0.3 is 12.1 Å². The van der Waals surface area contributed by atoms with Gasteiger partial charge in [0.05, 0.1) is 27.9 Å². The molecule has 0 bridgehead atoms. The molecular formula is C14H14F3N3O4S. The minimum absolute atomic E-state index is 0.0456. The van der Waals surface area contributed by atoms with Crippen molar-refractivity contribution in [2.75, 3.05) is 10.8 Å². The van der Waals surface area contributed by atoms with Crippen LogP contribution >= 0.6 is 0 Å². The van der Waals surface area contributed by atoms with Crippen LogP contribution in [0, 0.1) is 0 Å². The Morgan fingerprint density at radius 1 is 1.36 bits per heavy atom. The van der Waals surface area contributed by atoms with Crippen molar-refractivity contribution in [2.45, 2.75) is 18.0 Å². The predicted octanol–water partition coefficient (Wildman–Crippen LogP) is 2.35. The van der Waals surface area contributed by atoms with Crippen molar-refractivity contribution in [2.24, 2.45) is 7.05 Å². The fraction of sp³-hybridized carbons (Fsp3) is 0.286. The Bertz CT molecular complexity index is 906. The Morgan fingerprint density at radius 2 is 2.00 bits per heavy atom. The summed E-state index contributed by atoms with van der Waals surface area (Å²) in [5.41, 5.74) is -2.36. The molecule has 0 atom stereocenters. The fourth-order valence-electron chi connectivity index (χ4n) is 2.26. The predicted molar refractivity (Wildman–Crippen MR) is 81.8 cm³/mol. The van der Waals surface area contributed by atoms with Crippen molar-refractivity contribution in [3.8, 4) is 0 Å². The molecule has 0 aliphatic carbocycles. The van der Waals surface area contributed by atoms with Crippen LogP contribution < -0.4 is 4.31 Å². The maximum Gasteiger partial charge on any atom is 0.417 e. The molecule has 0 saturated carbocycles. The summed E-state index contributed by atoms with van der Waals surface area (Å²) in [4.78, 5) is 10.3. The lowest BCUT2D eigenvalue weighted by Crippen LogP contribution is -2.31. The molecule has 11 heteroatoms. The van der Waals surface area contributed by atoms with Crippen molar-refractivity contribution in [1.82, 2.24) is 9.78 Å². The molecule has 1 heterocycles. The van der Waals surface area contributed by atoms with E-state index in [0.717, 1.165) is 10.4 Å². The first-order valence-electron chi connectivity index (χ1n) is 6.94. The SMILES string of the molecule is CCN(c1cnn(C)c1)S(=O)(=O)c1ccc(C(=O)O)c(C(F)(F)F)c1. The van der Waals surface area contributed by atoms with E-state index in [0.29, 0.717) is 12.1 Å². The number of carboxylic acids is 1. The molecule has 1 aromatic carbocycles. The van der Waals surface area contributed by atoms with E-state index in [4.69, 9.17) is 5.11 Å². The molecule has 7 nitrogen and oxygen atoms in total. The van der Waals surface area contributed by atoms with Crippen LogP contribution in [0.4, 0.5) is 18.9 Å². The normalized spacial score (nSPS) is 12.2. The van der Waals surface area contributed by atoms with E-state index in [1.54, 1.807) is 7.05 Å². The first kappa shape index (κ1) is 18.8. The monoisotopic (exact) mass is 377 g/mol. The van der Waals surface area contributed by atoms with Crippen LogP contribution in [-0.2, 0) is 23.2 Å². The highest BCUT2D eigenvalue weighted by molar-refractivity contribution is 7.92. The van der Waals surface area contributed by atoms with Crippen LogP contribution in [0.3, 0.4) is 0 Å². The summed E-state index contributed by atoms with van der Waals surface area (Å²) in [7, 11) is -2.77. The number of nitrogens with zero attached hydrogens (tertiary/aromatic N) is 3. The van der Waals surface area contributed by atoms with Crippen molar-refractivity contribution < 1.29 is 31.5 Å². The van der Waals surface area contributed by atoms with E-state index in [2.05, 4.69) is 5.10 Å². The molecular weight excluding hydrogens is 363 g/mol. The number of carboxylic acid groups (broad SMARTS) is 1. The van der Waals surface area contributed by atoms with Crippen molar-refractivity contribution in [3.63, 3.8) is 0 Å². The summed E-state index contributed by atoms with van der Waals surface area (Å²) in [5, 5.41) is 12.7. The maximum atomic E-state index is 13.1. The van der Waals surface area contributed by atoms with Crippen molar-refractivity contribution in [3.05, 3.63) is 41.7 Å². The highest BCUT2D eigenvalue weighted by atomic mass is 32.2. The maximum absolute atomic E-state index is 13.1. The molecule has 2 aromatic rings. The molecule has 2 rings (SSSR count). The summed E-state index contributed by atoms with van der Waals surface area (Å²) in [6, 6.07) is 1.81. The largest absolute Gasteiger partial charge is 0.478 e. The molecule has 25 heavy (non-hydrogen) atoms. The number of halogens is 3. The zero-order valence-electron chi connectivity index (χ0n) is 13.1. The van der Waals surface area contributed by atoms with Crippen LogP contribution in [0.25, 0.3) is 0 Å². The lowest BCUT2D eigenvalue weighted by molar-refractivity contribution is -0.138. The number of aromatic nitrogens is 2. The minimum Gasteiger partial charge on any atom is -0.478 e. The summed E-state index contributed by atoms with van der Waals surface area (Å²) >= 11 is 0. The van der Waals surface area contributed by atoms with Gasteiger partial charge in [-0.2, -0.15) is 18.3 Å². The van der Waals surface area contributed by atoms with Crippen LogP contribution in [0.15, 0.2) is 35.5 Å². The second kappa shape index (κ2) is 6.39. The van der Waals surface area contributed by atoms with Gasteiger partial charge in [-0.15, -0.1) is 0 Å². The molecule has 0 radical (unpaired) electrons. The average Bonchev–Trinajstić information content (AvgIpc) is 2.92. The van der Waals surface area contributed by atoms with Gasteiger partial charge in [0.2, 0.25) is 0 Å². The van der Waals surface area contributed by atoms with Gasteiger partial charge in [-0.05, 0) is 25.1 Å². The lowest BCUT2D eigenvalue weighted by Gasteiger charge is -2.22. The number of hydrogen-bond acceptors (Lipinski definition) is 4. The Morgan fingerprint density at radius 3 is 2.44 bits per heavy atom. The van der Waals surface area contributed by atoms with Crippen LogP contribution in [0.2, 0.25) is 0 Å². The summed E-state index contributed by atoms with van der Waals surface area (Å²) in [6.07, 6.45) is -2.35. The summed E-state index contributed by atoms with van der Waals surface area (Å²) < 4.78 is 67.0. The molecule has 0 unspecified atom stereocenters. The first-order chi connectivity index (χ1) is 11.5. The third-order valence-corrected chi connectivity index (χ3v) is 5.28. The van der Waals surface area contributed by atoms with Gasteiger partial charge in [0, 0.05) is 19.8 Å². The van der Waals surface area contributed by atoms with Crippen LogP contribution in [-0.4, -0.2) is 35.8 Å². The lowest BCUT2D eigenvalue weighted by atomic mass is 10.1. The van der Waals surface area contributed by atoms with Gasteiger partial charge in [0.15, 0.2) is 0 Å². The van der Waals surface area contributed by atoms with E-state index < -0.39 is 38.2 Å². The second-order valence-electron chi connectivity index (χ2n) is 5.05. The Balaban J connectivity index is 2.61. The summed E-state index contributed by atoms with van der Waals surface area (Å²) in [5.74, 6) is -1.80. The van der Waals surface area contributed by atoms with Gasteiger partial charge in [-0.3, -0.25) is 8.99 Å². The van der Waals surface area contributed by atoms with Gasteiger partial charge in [-0.1, -0.05) is 0 Å². The number of alkyl halides is 3. The molecule has 1 N–H and O–H groups in total. The fourth-order valence-corrected chi connectivity index (χ4v) is 3.73. The minimum atomic E-state index is -5.01. The molecule has 0 aliphatic rings. The quantitative estimate of drug-likeness (QED) is 0.864. The molecule has 0 aliphatic heterocycles. The Hall–Kier alpha value is -2.56. The van der Waals surface area contributed by atoms with E-state index in [1.165, 1.54) is 24.0 Å². The van der Waals surface area contributed by atoms with E-state index in [1.807, 2.05) is 0 Å². The number of sulfonamides is 1. The average molecular weight is 377 g/mol. The number of anilines is 1. The zero-order valence-corrected chi connectivity index (χ0v) is 14.0. The molecule has 0 saturated heterocycles. The van der Waals surface area contributed by atoms with Crippen molar-refractivity contribution >= 4 is 21.7 Å². The van der Waals surface area contributed by atoms with E-state index >= 15 is 0 Å². The van der Waals surface area contributed by atoms with Gasteiger partial charge in [0.25, 0.3) is 10.0 Å². The Labute approximate surface area is 141 Å². The van der Waals surface area contributed by atoms with Crippen molar-refractivity contribution in [1.29, 1.82) is 0 Å². The van der Waals surface area contributed by atoms with Gasteiger partial charge in [-0.25, -0.2) is 13.2 Å². The molecule has 136 valence electrons. The highest BCUT2D eigenvalue weighted by Gasteiger charge is 2.37. The number of benzene rings is 1. The highest BCUT2D eigenvalue weighted by Crippen LogP contribution is 2.34. The molecule has 0 amide bonds. The molecule has 0 fully saturated rings. The number of aromatic carboxylic acids is 1. The zero-order chi connectivity index (χ0) is 19.0. The standard InChI is InChI=1S/C14H14F3N3O4S/c1-3-20(9-7-18-19(2)8-9)25(23,24)10-4-5-11(13(21)22)12(6-10)14(15,16)17/h4-8H,3H2,1-2H3,(H,21,22). The third-order valence-electron chi connectivity index (χ3n) is 3.38. The van der Waals surface area contributed by atoms with E-state index in [-0.39, 0.29) is 12.2 Å². The molecule has 1 aromatic heterocycles. The second-order valence-corrected chi connectivity index (χ2v) is 6.91. The topological polar surface area (TPSA) is 92.5 Å². The van der Waals surface area contributed by atoms with Crippen LogP contribution in [0.5, 0.6) is 0 Å².